The van der Waals surface area contributed by atoms with E-state index >= 15 is 0 Å². The van der Waals surface area contributed by atoms with E-state index in [1.54, 1.807) is 29.2 Å². The van der Waals surface area contributed by atoms with Crippen LogP contribution in [0.3, 0.4) is 0 Å². The van der Waals surface area contributed by atoms with Gasteiger partial charge < -0.3 is 15.0 Å². The number of carbonyl (C=O) groups excluding carboxylic acids is 1. The molecule has 1 aromatic heterocycles. The Hall–Kier alpha value is -1.70. The number of hydrogen-bond acceptors (Lipinski definition) is 5. The third-order valence-electron chi connectivity index (χ3n) is 5.31. The topological polar surface area (TPSA) is 91.1 Å². The predicted octanol–water partition coefficient (Wildman–Crippen LogP) is -0.0805. The molecule has 1 heterocycles. The summed E-state index contributed by atoms with van der Waals surface area (Å²) < 4.78 is 1.69. The Bertz CT molecular complexity index is 919. The molecule has 0 aliphatic heterocycles. The minimum atomic E-state index is -1.13. The third kappa shape index (κ3) is 6.40. The molecule has 152 valence electrons. The second-order valence-electron chi connectivity index (χ2n) is 7.30. The molecule has 30 heavy (non-hydrogen) atoms. The first-order valence-electron chi connectivity index (χ1n) is 9.47. The molecule has 0 radical (unpaired) electrons. The van der Waals surface area contributed by atoms with Gasteiger partial charge in [-0.2, -0.15) is 5.10 Å². The zero-order valence-corrected chi connectivity index (χ0v) is 19.9. The molecular weight excluding hydrogens is 413 g/mol. The zero-order chi connectivity index (χ0) is 20.9. The summed E-state index contributed by atoms with van der Waals surface area (Å²) in [5, 5.41) is 26.2. The van der Waals surface area contributed by atoms with Crippen LogP contribution in [0.25, 0.3) is 0 Å². The van der Waals surface area contributed by atoms with Crippen LogP contribution < -0.4 is 34.7 Å². The van der Waals surface area contributed by atoms with E-state index < -0.39 is 11.6 Å². The molecule has 0 bridgehead atoms. The van der Waals surface area contributed by atoms with Crippen LogP contribution in [0, 0.1) is 11.8 Å². The van der Waals surface area contributed by atoms with Crippen LogP contribution >= 0.6 is 11.6 Å². The summed E-state index contributed by atoms with van der Waals surface area (Å²) >= 11 is 5.95. The number of aliphatic hydroxyl groups is 1. The molecule has 1 saturated carbocycles. The molecular formula is C22H23ClN3NaO3. The number of rotatable bonds is 6. The van der Waals surface area contributed by atoms with Crippen molar-refractivity contribution in [2.24, 2.45) is 11.8 Å². The monoisotopic (exact) mass is 435 g/mol. The van der Waals surface area contributed by atoms with Gasteiger partial charge in [0, 0.05) is 5.02 Å². The van der Waals surface area contributed by atoms with Gasteiger partial charge in [-0.3, -0.25) is 0 Å². The Balaban J connectivity index is 0.000000272. The molecule has 2 unspecified atom stereocenters. The SMILES string of the molecule is CC(C1CC1)C(O)(Cn1cncn1)c1ccc(Cl)cc1.O=C([O-])c1ccccc1.[Na+]. The first kappa shape index (κ1) is 24.6. The largest absolute Gasteiger partial charge is 1.00 e. The molecule has 0 spiro atoms. The fraction of sp³-hybridized carbons (Fsp3) is 0.318. The van der Waals surface area contributed by atoms with Gasteiger partial charge in [0.15, 0.2) is 0 Å². The number of carboxylic acid groups (broad SMARTS) is 1. The van der Waals surface area contributed by atoms with Crippen LogP contribution in [0.15, 0.2) is 67.3 Å². The Morgan fingerprint density at radius 2 is 1.87 bits per heavy atom. The molecule has 3 aromatic rings. The van der Waals surface area contributed by atoms with Crippen LogP contribution in [0.4, 0.5) is 0 Å². The second kappa shape index (κ2) is 11.1. The zero-order valence-electron chi connectivity index (χ0n) is 17.1. The minimum absolute atomic E-state index is 0. The molecule has 6 nitrogen and oxygen atoms in total. The maximum absolute atomic E-state index is 11.3. The van der Waals surface area contributed by atoms with Crippen molar-refractivity contribution >= 4 is 17.6 Å². The molecule has 2 aromatic carbocycles. The third-order valence-corrected chi connectivity index (χ3v) is 5.56. The van der Waals surface area contributed by atoms with Gasteiger partial charge in [0.05, 0.1) is 12.5 Å². The van der Waals surface area contributed by atoms with Crippen molar-refractivity contribution in [3.8, 4) is 0 Å². The number of carboxylic acids is 1. The Morgan fingerprint density at radius 3 is 2.33 bits per heavy atom. The number of nitrogens with zero attached hydrogens (tertiary/aromatic N) is 3. The summed E-state index contributed by atoms with van der Waals surface area (Å²) in [7, 11) is 0. The van der Waals surface area contributed by atoms with Crippen molar-refractivity contribution in [1.82, 2.24) is 14.8 Å². The number of hydrogen-bond donors (Lipinski definition) is 1. The fourth-order valence-corrected chi connectivity index (χ4v) is 3.48. The van der Waals surface area contributed by atoms with Crippen molar-refractivity contribution in [3.63, 3.8) is 0 Å². The Kier molecular flexibility index (Phi) is 9.07. The van der Waals surface area contributed by atoms with Crippen molar-refractivity contribution in [2.45, 2.75) is 31.9 Å². The summed E-state index contributed by atoms with van der Waals surface area (Å²) in [4.78, 5) is 14.0. The quantitative estimate of drug-likeness (QED) is 0.547. The van der Waals surface area contributed by atoms with E-state index in [-0.39, 0.29) is 41.0 Å². The Labute approximate surface area is 203 Å². The Morgan fingerprint density at radius 1 is 1.23 bits per heavy atom. The van der Waals surface area contributed by atoms with Gasteiger partial charge >= 0.3 is 29.6 Å². The van der Waals surface area contributed by atoms with E-state index in [0.29, 0.717) is 17.5 Å². The molecule has 2 atom stereocenters. The van der Waals surface area contributed by atoms with Crippen molar-refractivity contribution in [3.05, 3.63) is 83.4 Å². The van der Waals surface area contributed by atoms with Crippen molar-refractivity contribution in [2.75, 3.05) is 0 Å². The van der Waals surface area contributed by atoms with Crippen molar-refractivity contribution in [1.29, 1.82) is 0 Å². The molecule has 4 rings (SSSR count). The van der Waals surface area contributed by atoms with Gasteiger partial charge in [0.1, 0.15) is 18.3 Å². The van der Waals surface area contributed by atoms with E-state index in [1.165, 1.54) is 31.3 Å². The smallest absolute Gasteiger partial charge is 0.545 e. The van der Waals surface area contributed by atoms with Gasteiger partial charge in [-0.15, -0.1) is 0 Å². The van der Waals surface area contributed by atoms with Crippen LogP contribution in [0.1, 0.15) is 35.7 Å². The minimum Gasteiger partial charge on any atom is -0.545 e. The summed E-state index contributed by atoms with van der Waals surface area (Å²) in [5.41, 5.74) is 0.161. The standard InChI is InChI=1S/C15H18ClN3O.C7H6O2.Na/c1-11(12-2-3-12)15(20,8-19-10-17-9-18-19)13-4-6-14(16)7-5-13;8-7(9)6-4-2-1-3-5-6;/h4-7,9-12,20H,2-3,8H2,1H3;1-5H,(H,8,9);/q;;+1/p-1. The van der Waals surface area contributed by atoms with Crippen LogP contribution in [-0.4, -0.2) is 25.8 Å². The molecule has 1 N–H and O–H groups in total. The average Bonchev–Trinajstić information content (AvgIpc) is 3.46. The number of carbonyl (C=O) groups is 1. The van der Waals surface area contributed by atoms with Gasteiger partial charge in [0.25, 0.3) is 0 Å². The van der Waals surface area contributed by atoms with Gasteiger partial charge in [-0.05, 0) is 47.9 Å². The van der Waals surface area contributed by atoms with Gasteiger partial charge in [0.2, 0.25) is 0 Å². The number of benzene rings is 2. The molecule has 1 aliphatic carbocycles. The van der Waals surface area contributed by atoms with Gasteiger partial charge in [-0.1, -0.05) is 61.0 Å². The van der Waals surface area contributed by atoms with E-state index in [9.17, 15) is 15.0 Å². The second-order valence-corrected chi connectivity index (χ2v) is 7.74. The van der Waals surface area contributed by atoms with Crippen LogP contribution in [-0.2, 0) is 12.1 Å². The molecule has 0 saturated heterocycles. The van der Waals surface area contributed by atoms with E-state index in [0.717, 1.165) is 5.56 Å². The number of aromatic nitrogens is 3. The van der Waals surface area contributed by atoms with E-state index in [2.05, 4.69) is 17.0 Å². The number of halogens is 1. The van der Waals surface area contributed by atoms with Crippen molar-refractivity contribution < 1.29 is 44.6 Å². The molecule has 1 aliphatic rings. The summed E-state index contributed by atoms with van der Waals surface area (Å²) in [6, 6.07) is 15.5. The normalized spacial score (nSPS) is 15.7. The molecule has 0 amide bonds. The maximum atomic E-state index is 11.3. The first-order valence-corrected chi connectivity index (χ1v) is 9.85. The summed E-state index contributed by atoms with van der Waals surface area (Å²) in [5.74, 6) is -0.373. The molecule has 8 heteroatoms. The van der Waals surface area contributed by atoms with E-state index in [4.69, 9.17) is 11.6 Å². The van der Waals surface area contributed by atoms with Gasteiger partial charge in [-0.25, -0.2) is 9.67 Å². The average molecular weight is 436 g/mol. The summed E-state index contributed by atoms with van der Waals surface area (Å²) in [6.07, 6.45) is 5.51. The maximum Gasteiger partial charge on any atom is 1.00 e. The predicted molar refractivity (Wildman–Crippen MR) is 108 cm³/mol. The van der Waals surface area contributed by atoms with Crippen LogP contribution in [0.5, 0.6) is 0 Å². The van der Waals surface area contributed by atoms with E-state index in [1.807, 2.05) is 24.3 Å². The number of aromatic carboxylic acids is 1. The fourth-order valence-electron chi connectivity index (χ4n) is 3.36. The summed E-state index contributed by atoms with van der Waals surface area (Å²) in [6.45, 7) is 2.52. The molecule has 1 fully saturated rings. The first-order chi connectivity index (χ1) is 13.9. The van der Waals surface area contributed by atoms with Crippen LogP contribution in [0.2, 0.25) is 5.02 Å².